The van der Waals surface area contributed by atoms with E-state index >= 15 is 0 Å². The Morgan fingerprint density at radius 2 is 2.25 bits per heavy atom. The van der Waals surface area contributed by atoms with Crippen LogP contribution in [-0.2, 0) is 9.53 Å². The fraction of sp³-hybridized carbons (Fsp3) is 0.333. The van der Waals surface area contributed by atoms with Gasteiger partial charge in [-0.15, -0.1) is 0 Å². The third-order valence-electron chi connectivity index (χ3n) is 2.31. The molecule has 0 atom stereocenters. The minimum atomic E-state index is -0.638. The lowest BCUT2D eigenvalue weighted by Gasteiger charge is -2.07. The van der Waals surface area contributed by atoms with Gasteiger partial charge in [-0.25, -0.2) is 4.79 Å². The first-order valence-corrected chi connectivity index (χ1v) is 6.48. The van der Waals surface area contributed by atoms with Gasteiger partial charge < -0.3 is 14.8 Å². The maximum atomic E-state index is 11.4. The van der Waals surface area contributed by atoms with Crippen LogP contribution in [0.15, 0.2) is 36.0 Å². The molecule has 5 heteroatoms. The first-order chi connectivity index (χ1) is 9.71. The molecular formula is C15H18N2O3. The molecule has 0 unspecified atom stereocenters. The van der Waals surface area contributed by atoms with E-state index < -0.39 is 5.97 Å². The number of carbonyl (C=O) groups excluding carboxylic acids is 1. The fourth-order valence-corrected chi connectivity index (χ4v) is 1.40. The molecule has 0 aliphatic carbocycles. The third-order valence-corrected chi connectivity index (χ3v) is 2.31. The maximum Gasteiger partial charge on any atom is 0.350 e. The van der Waals surface area contributed by atoms with E-state index in [9.17, 15) is 4.79 Å². The summed E-state index contributed by atoms with van der Waals surface area (Å²) in [5.41, 5.74) is 0.655. The van der Waals surface area contributed by atoms with Crippen molar-refractivity contribution in [2.24, 2.45) is 0 Å². The second-order valence-electron chi connectivity index (χ2n) is 3.91. The SMILES string of the molecule is CCCOc1cccc(N/C=C(/C#N)C(=O)OCC)c1. The lowest BCUT2D eigenvalue weighted by molar-refractivity contribution is -0.138. The summed E-state index contributed by atoms with van der Waals surface area (Å²) in [6.45, 7) is 4.60. The lowest BCUT2D eigenvalue weighted by Crippen LogP contribution is -2.07. The molecule has 1 rings (SSSR count). The Morgan fingerprint density at radius 3 is 2.90 bits per heavy atom. The molecule has 106 valence electrons. The molecule has 0 saturated carbocycles. The Morgan fingerprint density at radius 1 is 1.45 bits per heavy atom. The molecule has 1 aromatic carbocycles. The van der Waals surface area contributed by atoms with Crippen molar-refractivity contribution in [3.8, 4) is 11.8 Å². The molecule has 0 heterocycles. The summed E-state index contributed by atoms with van der Waals surface area (Å²) < 4.78 is 10.3. The van der Waals surface area contributed by atoms with Crippen molar-refractivity contribution in [3.63, 3.8) is 0 Å². The number of nitrogens with one attached hydrogen (secondary N) is 1. The number of nitriles is 1. The third kappa shape index (κ3) is 5.02. The van der Waals surface area contributed by atoms with E-state index in [2.05, 4.69) is 5.32 Å². The topological polar surface area (TPSA) is 71.3 Å². The van der Waals surface area contributed by atoms with Crippen molar-refractivity contribution in [3.05, 3.63) is 36.0 Å². The molecule has 0 spiro atoms. The molecule has 0 aliphatic heterocycles. The molecule has 5 nitrogen and oxygen atoms in total. The standard InChI is InChI=1S/C15H18N2O3/c1-3-8-20-14-7-5-6-13(9-14)17-11-12(10-16)15(18)19-4-2/h5-7,9,11,17H,3-4,8H2,1-2H3/b12-11-. The highest BCUT2D eigenvalue weighted by molar-refractivity contribution is 5.93. The largest absolute Gasteiger partial charge is 0.494 e. The van der Waals surface area contributed by atoms with Crippen LogP contribution in [0.2, 0.25) is 0 Å². The van der Waals surface area contributed by atoms with Gasteiger partial charge in [0.05, 0.1) is 13.2 Å². The number of hydrogen-bond acceptors (Lipinski definition) is 5. The summed E-state index contributed by atoms with van der Waals surface area (Å²) in [7, 11) is 0. The second-order valence-corrected chi connectivity index (χ2v) is 3.91. The number of anilines is 1. The van der Waals surface area contributed by atoms with Crippen LogP contribution in [0.4, 0.5) is 5.69 Å². The van der Waals surface area contributed by atoms with Gasteiger partial charge in [-0.3, -0.25) is 0 Å². The number of ether oxygens (including phenoxy) is 2. The average Bonchev–Trinajstić information content (AvgIpc) is 2.46. The fourth-order valence-electron chi connectivity index (χ4n) is 1.40. The van der Waals surface area contributed by atoms with Gasteiger partial charge in [0.2, 0.25) is 0 Å². The zero-order chi connectivity index (χ0) is 14.8. The molecule has 0 aromatic heterocycles. The highest BCUT2D eigenvalue weighted by Gasteiger charge is 2.09. The first kappa shape index (κ1) is 15.6. The Kier molecular flexibility index (Phi) is 6.69. The minimum Gasteiger partial charge on any atom is -0.494 e. The van der Waals surface area contributed by atoms with Crippen LogP contribution >= 0.6 is 0 Å². The van der Waals surface area contributed by atoms with Gasteiger partial charge in [0.1, 0.15) is 11.8 Å². The molecule has 20 heavy (non-hydrogen) atoms. The predicted octanol–water partition coefficient (Wildman–Crippen LogP) is 2.86. The molecular weight excluding hydrogens is 256 g/mol. The first-order valence-electron chi connectivity index (χ1n) is 6.48. The summed E-state index contributed by atoms with van der Waals surface area (Å²) in [6.07, 6.45) is 2.26. The quantitative estimate of drug-likeness (QED) is 0.470. The van der Waals surface area contributed by atoms with E-state index in [1.54, 1.807) is 19.1 Å². The van der Waals surface area contributed by atoms with Gasteiger partial charge in [0.25, 0.3) is 0 Å². The van der Waals surface area contributed by atoms with Crippen molar-refractivity contribution >= 4 is 11.7 Å². The molecule has 0 aliphatic rings. The van der Waals surface area contributed by atoms with Crippen LogP contribution in [-0.4, -0.2) is 19.2 Å². The van der Waals surface area contributed by atoms with Crippen molar-refractivity contribution in [2.45, 2.75) is 20.3 Å². The summed E-state index contributed by atoms with van der Waals surface area (Å²) in [4.78, 5) is 11.4. The number of esters is 1. The lowest BCUT2D eigenvalue weighted by atomic mass is 10.3. The minimum absolute atomic E-state index is 0.0771. The number of nitrogens with zero attached hydrogens (tertiary/aromatic N) is 1. The zero-order valence-electron chi connectivity index (χ0n) is 11.7. The maximum absolute atomic E-state index is 11.4. The highest BCUT2D eigenvalue weighted by atomic mass is 16.5. The number of rotatable bonds is 7. The van der Waals surface area contributed by atoms with E-state index in [0.29, 0.717) is 6.61 Å². The molecule has 1 aromatic rings. The van der Waals surface area contributed by atoms with Gasteiger partial charge in [-0.2, -0.15) is 5.26 Å². The Labute approximate surface area is 118 Å². The van der Waals surface area contributed by atoms with E-state index in [0.717, 1.165) is 17.9 Å². The molecule has 0 radical (unpaired) electrons. The van der Waals surface area contributed by atoms with Crippen LogP contribution in [0.1, 0.15) is 20.3 Å². The zero-order valence-corrected chi connectivity index (χ0v) is 11.7. The van der Waals surface area contributed by atoms with Crippen LogP contribution in [0.25, 0.3) is 0 Å². The summed E-state index contributed by atoms with van der Waals surface area (Å²) >= 11 is 0. The Balaban J connectivity index is 2.72. The van der Waals surface area contributed by atoms with Gasteiger partial charge in [-0.05, 0) is 25.5 Å². The Bertz CT molecular complexity index is 518. The van der Waals surface area contributed by atoms with Gasteiger partial charge in [0, 0.05) is 18.0 Å². The second kappa shape index (κ2) is 8.59. The van der Waals surface area contributed by atoms with Gasteiger partial charge in [0.15, 0.2) is 5.57 Å². The van der Waals surface area contributed by atoms with Crippen LogP contribution in [0.5, 0.6) is 5.75 Å². The summed E-state index contributed by atoms with van der Waals surface area (Å²) in [5, 5.41) is 11.8. The Hall–Kier alpha value is -2.48. The number of hydrogen-bond donors (Lipinski definition) is 1. The smallest absolute Gasteiger partial charge is 0.350 e. The molecule has 0 fully saturated rings. The van der Waals surface area contributed by atoms with E-state index in [-0.39, 0.29) is 12.2 Å². The van der Waals surface area contributed by atoms with Crippen LogP contribution < -0.4 is 10.1 Å². The molecule has 0 saturated heterocycles. The number of benzene rings is 1. The number of carbonyl (C=O) groups is 1. The average molecular weight is 274 g/mol. The monoisotopic (exact) mass is 274 g/mol. The predicted molar refractivity (Wildman–Crippen MR) is 76.2 cm³/mol. The molecule has 0 bridgehead atoms. The highest BCUT2D eigenvalue weighted by Crippen LogP contribution is 2.17. The van der Waals surface area contributed by atoms with Crippen LogP contribution in [0.3, 0.4) is 0 Å². The van der Waals surface area contributed by atoms with Gasteiger partial charge in [-0.1, -0.05) is 13.0 Å². The van der Waals surface area contributed by atoms with Gasteiger partial charge >= 0.3 is 5.97 Å². The van der Waals surface area contributed by atoms with Crippen molar-refractivity contribution < 1.29 is 14.3 Å². The van der Waals surface area contributed by atoms with Crippen molar-refractivity contribution in [1.82, 2.24) is 0 Å². The summed E-state index contributed by atoms with van der Waals surface area (Å²) in [6, 6.07) is 9.09. The van der Waals surface area contributed by atoms with E-state index in [4.69, 9.17) is 14.7 Å². The van der Waals surface area contributed by atoms with E-state index in [1.165, 1.54) is 6.20 Å². The normalized spacial score (nSPS) is 10.6. The van der Waals surface area contributed by atoms with E-state index in [1.807, 2.05) is 25.1 Å². The van der Waals surface area contributed by atoms with Crippen molar-refractivity contribution in [2.75, 3.05) is 18.5 Å². The molecule has 0 amide bonds. The summed E-state index contributed by atoms with van der Waals surface area (Å²) in [5.74, 6) is 0.0979. The van der Waals surface area contributed by atoms with Crippen LogP contribution in [0, 0.1) is 11.3 Å². The van der Waals surface area contributed by atoms with Crippen molar-refractivity contribution in [1.29, 1.82) is 5.26 Å². The molecule has 1 N–H and O–H groups in total.